The van der Waals surface area contributed by atoms with Crippen LogP contribution in [-0.4, -0.2) is 43.2 Å². The van der Waals surface area contributed by atoms with Gasteiger partial charge in [-0.1, -0.05) is 31.2 Å². The van der Waals surface area contributed by atoms with E-state index in [0.717, 1.165) is 49.5 Å². The first-order valence-electron chi connectivity index (χ1n) is 9.80. The Balaban J connectivity index is 1.65. The summed E-state index contributed by atoms with van der Waals surface area (Å²) in [6, 6.07) is 16.5. The molecule has 2 heterocycles. The van der Waals surface area contributed by atoms with E-state index in [2.05, 4.69) is 48.3 Å². The number of morpholine rings is 1. The molecule has 0 saturated carbocycles. The number of para-hydroxylation sites is 1. The van der Waals surface area contributed by atoms with Crippen molar-refractivity contribution in [3.63, 3.8) is 0 Å². The molecule has 5 heteroatoms. The summed E-state index contributed by atoms with van der Waals surface area (Å²) in [6.07, 6.45) is 0.763. The molecule has 1 amide bonds. The summed E-state index contributed by atoms with van der Waals surface area (Å²) in [5.74, 6) is 0.0981. The first-order chi connectivity index (χ1) is 13.2. The zero-order valence-corrected chi connectivity index (χ0v) is 16.0. The maximum Gasteiger partial charge on any atom is 0.258 e. The van der Waals surface area contributed by atoms with Gasteiger partial charge in [-0.05, 0) is 43.2 Å². The van der Waals surface area contributed by atoms with Crippen LogP contribution in [0.25, 0.3) is 0 Å². The molecule has 2 aliphatic rings. The smallest absolute Gasteiger partial charge is 0.258 e. The Morgan fingerprint density at radius 3 is 2.52 bits per heavy atom. The van der Waals surface area contributed by atoms with Gasteiger partial charge < -0.3 is 19.9 Å². The van der Waals surface area contributed by atoms with Gasteiger partial charge in [-0.2, -0.15) is 0 Å². The number of anilines is 2. The predicted molar refractivity (Wildman–Crippen MR) is 108 cm³/mol. The van der Waals surface area contributed by atoms with E-state index in [1.807, 2.05) is 29.2 Å². The van der Waals surface area contributed by atoms with Crippen LogP contribution in [0.2, 0.25) is 0 Å². The lowest BCUT2D eigenvalue weighted by Gasteiger charge is -2.41. The van der Waals surface area contributed by atoms with Gasteiger partial charge in [-0.3, -0.25) is 4.79 Å². The van der Waals surface area contributed by atoms with Crippen LogP contribution < -0.4 is 10.2 Å². The van der Waals surface area contributed by atoms with Crippen LogP contribution in [0.4, 0.5) is 11.4 Å². The monoisotopic (exact) mass is 365 g/mol. The molecule has 0 unspecified atom stereocenters. The molecule has 2 aromatic rings. The Hall–Kier alpha value is -2.53. The van der Waals surface area contributed by atoms with E-state index in [-0.39, 0.29) is 18.1 Å². The van der Waals surface area contributed by atoms with Crippen LogP contribution in [-0.2, 0) is 4.74 Å². The molecule has 0 aliphatic carbocycles. The van der Waals surface area contributed by atoms with Crippen molar-refractivity contribution in [2.24, 2.45) is 0 Å². The number of carbonyl (C=O) groups is 1. The second-order valence-electron chi connectivity index (χ2n) is 7.25. The number of carbonyl (C=O) groups excluding carboxylic acids is 1. The molecule has 2 aromatic carbocycles. The number of rotatable bonds is 4. The topological polar surface area (TPSA) is 44.8 Å². The third-order valence-corrected chi connectivity index (χ3v) is 5.61. The minimum absolute atomic E-state index is 0.0981. The summed E-state index contributed by atoms with van der Waals surface area (Å²) in [6.45, 7) is 7.63. The van der Waals surface area contributed by atoms with Gasteiger partial charge in [0, 0.05) is 30.5 Å². The zero-order valence-electron chi connectivity index (χ0n) is 16.0. The normalized spacial score (nSPS) is 20.8. The summed E-state index contributed by atoms with van der Waals surface area (Å²) in [5.41, 5.74) is 3.97. The Labute approximate surface area is 160 Å². The van der Waals surface area contributed by atoms with Gasteiger partial charge in [-0.15, -0.1) is 0 Å². The molecule has 0 spiro atoms. The Morgan fingerprint density at radius 1 is 1.11 bits per heavy atom. The van der Waals surface area contributed by atoms with Gasteiger partial charge in [0.1, 0.15) is 6.17 Å². The highest BCUT2D eigenvalue weighted by Gasteiger charge is 2.35. The van der Waals surface area contributed by atoms with Crippen molar-refractivity contribution in [2.75, 3.05) is 36.5 Å². The second-order valence-corrected chi connectivity index (χ2v) is 7.25. The number of fused-ring (bicyclic) bond motifs is 1. The highest BCUT2D eigenvalue weighted by molar-refractivity contribution is 6.01. The molecule has 27 heavy (non-hydrogen) atoms. The first kappa shape index (κ1) is 17.9. The zero-order chi connectivity index (χ0) is 18.8. The lowest BCUT2D eigenvalue weighted by Crippen LogP contribution is -2.47. The Morgan fingerprint density at radius 2 is 1.81 bits per heavy atom. The van der Waals surface area contributed by atoms with Crippen LogP contribution in [0.1, 0.15) is 42.4 Å². The molecule has 5 nitrogen and oxygen atoms in total. The fourth-order valence-corrected chi connectivity index (χ4v) is 3.85. The standard InChI is InChI=1S/C22H27N3O2/c1-3-16(2)25-21(23-20-7-5-4-6-19(20)22(25)26)17-8-10-18(11-9-17)24-12-14-27-15-13-24/h4-11,16,21,23H,3,12-15H2,1-2H3/t16-,21+/m0/s1. The van der Waals surface area contributed by atoms with Crippen LogP contribution in [0, 0.1) is 0 Å². The molecule has 142 valence electrons. The highest BCUT2D eigenvalue weighted by Crippen LogP contribution is 2.35. The fourth-order valence-electron chi connectivity index (χ4n) is 3.85. The van der Waals surface area contributed by atoms with E-state index in [9.17, 15) is 4.79 Å². The van der Waals surface area contributed by atoms with Crippen molar-refractivity contribution in [3.05, 3.63) is 59.7 Å². The number of ether oxygens (including phenoxy) is 1. The Kier molecular flexibility index (Phi) is 5.03. The maximum absolute atomic E-state index is 13.2. The Bertz CT molecular complexity index is 799. The van der Waals surface area contributed by atoms with Crippen molar-refractivity contribution >= 4 is 17.3 Å². The summed E-state index contributed by atoms with van der Waals surface area (Å²) in [5, 5.41) is 3.58. The lowest BCUT2D eigenvalue weighted by atomic mass is 10.0. The number of nitrogens with zero attached hydrogens (tertiary/aromatic N) is 2. The summed E-state index contributed by atoms with van der Waals surface area (Å²) in [4.78, 5) is 17.5. The third-order valence-electron chi connectivity index (χ3n) is 5.61. The van der Waals surface area contributed by atoms with E-state index in [4.69, 9.17) is 4.74 Å². The number of hydrogen-bond donors (Lipinski definition) is 1. The van der Waals surface area contributed by atoms with Crippen LogP contribution in [0.15, 0.2) is 48.5 Å². The second kappa shape index (κ2) is 7.61. The molecule has 2 aliphatic heterocycles. The SMILES string of the molecule is CC[C@H](C)N1C(=O)c2ccccc2N[C@H]1c1ccc(N2CCOCC2)cc1. The van der Waals surface area contributed by atoms with Gasteiger partial charge in [0.15, 0.2) is 0 Å². The highest BCUT2D eigenvalue weighted by atomic mass is 16.5. The minimum Gasteiger partial charge on any atom is -0.378 e. The van der Waals surface area contributed by atoms with Crippen LogP contribution in [0.5, 0.6) is 0 Å². The van der Waals surface area contributed by atoms with Crippen LogP contribution >= 0.6 is 0 Å². The molecule has 0 radical (unpaired) electrons. The lowest BCUT2D eigenvalue weighted by molar-refractivity contribution is 0.0593. The van der Waals surface area contributed by atoms with E-state index >= 15 is 0 Å². The summed E-state index contributed by atoms with van der Waals surface area (Å²) in [7, 11) is 0. The van der Waals surface area contributed by atoms with E-state index in [1.54, 1.807) is 0 Å². The quantitative estimate of drug-likeness (QED) is 0.893. The van der Waals surface area contributed by atoms with Crippen molar-refractivity contribution in [3.8, 4) is 0 Å². The summed E-state index contributed by atoms with van der Waals surface area (Å²) < 4.78 is 5.44. The van der Waals surface area contributed by atoms with Gasteiger partial charge in [-0.25, -0.2) is 0 Å². The van der Waals surface area contributed by atoms with Gasteiger partial charge in [0.25, 0.3) is 5.91 Å². The molecule has 1 fully saturated rings. The predicted octanol–water partition coefficient (Wildman–Crippen LogP) is 3.89. The van der Waals surface area contributed by atoms with Gasteiger partial charge >= 0.3 is 0 Å². The van der Waals surface area contributed by atoms with E-state index < -0.39 is 0 Å². The molecule has 2 atom stereocenters. The van der Waals surface area contributed by atoms with E-state index in [1.165, 1.54) is 5.69 Å². The van der Waals surface area contributed by atoms with Crippen molar-refractivity contribution in [1.82, 2.24) is 4.90 Å². The minimum atomic E-state index is -0.152. The first-order valence-corrected chi connectivity index (χ1v) is 9.80. The number of nitrogens with one attached hydrogen (secondary N) is 1. The maximum atomic E-state index is 13.2. The molecule has 0 bridgehead atoms. The molecular weight excluding hydrogens is 338 g/mol. The largest absolute Gasteiger partial charge is 0.378 e. The fraction of sp³-hybridized carbons (Fsp3) is 0.409. The molecule has 1 saturated heterocycles. The van der Waals surface area contributed by atoms with Gasteiger partial charge in [0.2, 0.25) is 0 Å². The molecule has 4 rings (SSSR count). The molecule has 0 aromatic heterocycles. The van der Waals surface area contributed by atoms with Crippen molar-refractivity contribution < 1.29 is 9.53 Å². The van der Waals surface area contributed by atoms with Crippen LogP contribution in [0.3, 0.4) is 0 Å². The van der Waals surface area contributed by atoms with Crippen molar-refractivity contribution in [1.29, 1.82) is 0 Å². The number of hydrogen-bond acceptors (Lipinski definition) is 4. The van der Waals surface area contributed by atoms with E-state index in [0.29, 0.717) is 0 Å². The average molecular weight is 365 g/mol. The number of amides is 1. The van der Waals surface area contributed by atoms with Gasteiger partial charge in [0.05, 0.1) is 18.8 Å². The summed E-state index contributed by atoms with van der Waals surface area (Å²) >= 11 is 0. The number of benzene rings is 2. The average Bonchev–Trinajstić information content (AvgIpc) is 2.74. The van der Waals surface area contributed by atoms with Crippen molar-refractivity contribution in [2.45, 2.75) is 32.5 Å². The molecular formula is C22H27N3O2. The third kappa shape index (κ3) is 3.39. The molecule has 1 N–H and O–H groups in total.